The number of hydrogen-bond donors (Lipinski definition) is 0. The van der Waals surface area contributed by atoms with Crippen LogP contribution in [0, 0.1) is 6.92 Å². The van der Waals surface area contributed by atoms with Crippen LogP contribution in [0.25, 0.3) is 0 Å². The van der Waals surface area contributed by atoms with Crippen molar-refractivity contribution in [1.29, 1.82) is 0 Å². The SMILES string of the molecule is COC(=O)CCCN(C)C(=O)c1cccc(OCc2csc(C)n2)c1. The predicted octanol–water partition coefficient (Wildman–Crippen LogP) is 3.06. The van der Waals surface area contributed by atoms with E-state index in [0.29, 0.717) is 37.3 Å². The molecule has 2 rings (SSSR count). The fourth-order valence-corrected chi connectivity index (χ4v) is 2.83. The van der Waals surface area contributed by atoms with Crippen LogP contribution in [0.2, 0.25) is 0 Å². The lowest BCUT2D eigenvalue weighted by atomic mass is 10.2. The van der Waals surface area contributed by atoms with Gasteiger partial charge in [-0.1, -0.05) is 6.07 Å². The van der Waals surface area contributed by atoms with E-state index in [0.717, 1.165) is 10.7 Å². The van der Waals surface area contributed by atoms with Gasteiger partial charge in [0.2, 0.25) is 0 Å². The Morgan fingerprint density at radius 2 is 2.12 bits per heavy atom. The number of hydrogen-bond acceptors (Lipinski definition) is 6. The van der Waals surface area contributed by atoms with Crippen LogP contribution in [-0.2, 0) is 16.1 Å². The molecule has 1 heterocycles. The molecule has 0 spiro atoms. The van der Waals surface area contributed by atoms with Crippen molar-refractivity contribution in [2.45, 2.75) is 26.4 Å². The minimum absolute atomic E-state index is 0.111. The van der Waals surface area contributed by atoms with Crippen LogP contribution < -0.4 is 4.74 Å². The summed E-state index contributed by atoms with van der Waals surface area (Å²) in [5.41, 5.74) is 1.42. The first-order valence-electron chi connectivity index (χ1n) is 7.95. The molecule has 0 radical (unpaired) electrons. The molecule has 1 aromatic heterocycles. The Labute approximate surface area is 151 Å². The minimum Gasteiger partial charge on any atom is -0.487 e. The molecular formula is C18H22N2O4S. The van der Waals surface area contributed by atoms with Crippen LogP contribution in [-0.4, -0.2) is 42.5 Å². The highest BCUT2D eigenvalue weighted by molar-refractivity contribution is 7.09. The molecule has 0 fully saturated rings. The number of ether oxygens (including phenoxy) is 2. The van der Waals surface area contributed by atoms with Crippen molar-refractivity contribution in [3.8, 4) is 5.75 Å². The maximum atomic E-state index is 12.5. The Kier molecular flexibility index (Phi) is 6.94. The first kappa shape index (κ1) is 18.9. The number of methoxy groups -OCH3 is 1. The van der Waals surface area contributed by atoms with Gasteiger partial charge in [-0.15, -0.1) is 11.3 Å². The summed E-state index contributed by atoms with van der Waals surface area (Å²) >= 11 is 1.58. The smallest absolute Gasteiger partial charge is 0.305 e. The molecule has 1 aromatic carbocycles. The molecule has 0 aliphatic rings. The lowest BCUT2D eigenvalue weighted by molar-refractivity contribution is -0.140. The van der Waals surface area contributed by atoms with E-state index in [4.69, 9.17) is 4.74 Å². The summed E-state index contributed by atoms with van der Waals surface area (Å²) in [4.78, 5) is 29.5. The normalized spacial score (nSPS) is 10.4. The summed E-state index contributed by atoms with van der Waals surface area (Å²) in [7, 11) is 3.07. The molecule has 0 bridgehead atoms. The summed E-state index contributed by atoms with van der Waals surface area (Å²) in [5, 5.41) is 2.95. The van der Waals surface area contributed by atoms with E-state index in [1.54, 1.807) is 41.5 Å². The van der Waals surface area contributed by atoms with E-state index >= 15 is 0 Å². The quantitative estimate of drug-likeness (QED) is 0.675. The summed E-state index contributed by atoms with van der Waals surface area (Å²) in [6.07, 6.45) is 0.860. The van der Waals surface area contributed by atoms with E-state index in [1.165, 1.54) is 7.11 Å². The van der Waals surface area contributed by atoms with Gasteiger partial charge in [0.05, 0.1) is 17.8 Å². The van der Waals surface area contributed by atoms with E-state index < -0.39 is 0 Å². The van der Waals surface area contributed by atoms with Gasteiger partial charge >= 0.3 is 5.97 Å². The zero-order chi connectivity index (χ0) is 18.2. The fourth-order valence-electron chi connectivity index (χ4n) is 2.24. The number of amides is 1. The molecule has 6 nitrogen and oxygen atoms in total. The van der Waals surface area contributed by atoms with Crippen LogP contribution in [0.4, 0.5) is 0 Å². The second-order valence-corrected chi connectivity index (χ2v) is 6.64. The summed E-state index contributed by atoms with van der Waals surface area (Å²) < 4.78 is 10.3. The van der Waals surface area contributed by atoms with Gasteiger partial charge < -0.3 is 14.4 Å². The number of esters is 1. The van der Waals surface area contributed by atoms with Crippen molar-refractivity contribution >= 4 is 23.2 Å². The first-order valence-corrected chi connectivity index (χ1v) is 8.83. The van der Waals surface area contributed by atoms with Gasteiger partial charge in [-0.25, -0.2) is 4.98 Å². The number of aryl methyl sites for hydroxylation is 1. The maximum Gasteiger partial charge on any atom is 0.305 e. The van der Waals surface area contributed by atoms with Crippen LogP contribution in [0.1, 0.15) is 33.9 Å². The number of carbonyl (C=O) groups is 2. The summed E-state index contributed by atoms with van der Waals surface area (Å²) in [6.45, 7) is 2.80. The lowest BCUT2D eigenvalue weighted by Gasteiger charge is -2.17. The van der Waals surface area contributed by atoms with Crippen molar-refractivity contribution < 1.29 is 19.1 Å². The summed E-state index contributed by atoms with van der Waals surface area (Å²) in [6, 6.07) is 7.07. The van der Waals surface area contributed by atoms with Crippen molar-refractivity contribution in [3.63, 3.8) is 0 Å². The number of aromatic nitrogens is 1. The second kappa shape index (κ2) is 9.17. The lowest BCUT2D eigenvalue weighted by Crippen LogP contribution is -2.28. The molecule has 134 valence electrons. The van der Waals surface area contributed by atoms with E-state index in [9.17, 15) is 9.59 Å². The molecule has 25 heavy (non-hydrogen) atoms. The van der Waals surface area contributed by atoms with E-state index in [-0.39, 0.29) is 11.9 Å². The average molecular weight is 362 g/mol. The summed E-state index contributed by atoms with van der Waals surface area (Å²) in [5.74, 6) is 0.243. The number of rotatable bonds is 8. The van der Waals surface area contributed by atoms with Crippen molar-refractivity contribution in [1.82, 2.24) is 9.88 Å². The van der Waals surface area contributed by atoms with Gasteiger partial charge in [-0.2, -0.15) is 0 Å². The largest absolute Gasteiger partial charge is 0.487 e. The third kappa shape index (κ3) is 5.86. The standard InChI is InChI=1S/C18H22N2O4S/c1-13-19-15(12-25-13)11-24-16-7-4-6-14(10-16)18(22)20(2)9-5-8-17(21)23-3/h4,6-7,10,12H,5,8-9,11H2,1-3H3. The molecule has 2 aromatic rings. The second-order valence-electron chi connectivity index (χ2n) is 5.58. The number of thiazole rings is 1. The zero-order valence-electron chi connectivity index (χ0n) is 14.7. The molecule has 0 N–H and O–H groups in total. The van der Waals surface area contributed by atoms with Crippen LogP contribution in [0.3, 0.4) is 0 Å². The molecule has 1 amide bonds. The van der Waals surface area contributed by atoms with Crippen LogP contribution in [0.5, 0.6) is 5.75 Å². The van der Waals surface area contributed by atoms with Gasteiger partial charge in [0.1, 0.15) is 12.4 Å². The minimum atomic E-state index is -0.270. The van der Waals surface area contributed by atoms with Crippen LogP contribution >= 0.6 is 11.3 Å². The highest BCUT2D eigenvalue weighted by Crippen LogP contribution is 2.17. The Balaban J connectivity index is 1.90. The highest BCUT2D eigenvalue weighted by atomic mass is 32.1. The maximum absolute atomic E-state index is 12.5. The van der Waals surface area contributed by atoms with E-state index in [2.05, 4.69) is 9.72 Å². The Morgan fingerprint density at radius 3 is 2.80 bits per heavy atom. The van der Waals surface area contributed by atoms with Gasteiger partial charge in [0, 0.05) is 31.0 Å². The highest BCUT2D eigenvalue weighted by Gasteiger charge is 2.13. The van der Waals surface area contributed by atoms with Gasteiger partial charge in [-0.05, 0) is 31.5 Å². The van der Waals surface area contributed by atoms with Gasteiger partial charge in [0.25, 0.3) is 5.91 Å². The molecule has 0 aliphatic heterocycles. The monoisotopic (exact) mass is 362 g/mol. The molecule has 0 saturated carbocycles. The molecular weight excluding hydrogens is 340 g/mol. The Bertz CT molecular complexity index is 729. The van der Waals surface area contributed by atoms with Gasteiger partial charge in [0.15, 0.2) is 0 Å². The van der Waals surface area contributed by atoms with Crippen molar-refractivity contribution in [2.24, 2.45) is 0 Å². The van der Waals surface area contributed by atoms with E-state index in [1.807, 2.05) is 18.4 Å². The average Bonchev–Trinajstić information content (AvgIpc) is 3.04. The van der Waals surface area contributed by atoms with Crippen molar-refractivity contribution in [3.05, 3.63) is 45.9 Å². The zero-order valence-corrected chi connectivity index (χ0v) is 15.5. The third-order valence-electron chi connectivity index (χ3n) is 3.58. The fraction of sp³-hybridized carbons (Fsp3) is 0.389. The number of nitrogens with zero attached hydrogens (tertiary/aromatic N) is 2. The topological polar surface area (TPSA) is 68.7 Å². The first-order chi connectivity index (χ1) is 12.0. The Morgan fingerprint density at radius 1 is 1.32 bits per heavy atom. The Hall–Kier alpha value is -2.41. The number of benzene rings is 1. The molecule has 0 aliphatic carbocycles. The van der Waals surface area contributed by atoms with Gasteiger partial charge in [-0.3, -0.25) is 9.59 Å². The third-order valence-corrected chi connectivity index (χ3v) is 4.41. The number of carbonyl (C=O) groups excluding carboxylic acids is 2. The molecule has 0 saturated heterocycles. The van der Waals surface area contributed by atoms with Crippen molar-refractivity contribution in [2.75, 3.05) is 20.7 Å². The predicted molar refractivity (Wildman–Crippen MR) is 95.8 cm³/mol. The molecule has 0 atom stereocenters. The molecule has 0 unspecified atom stereocenters. The molecule has 7 heteroatoms. The van der Waals surface area contributed by atoms with Crippen LogP contribution in [0.15, 0.2) is 29.6 Å².